The second-order valence-electron chi connectivity index (χ2n) is 6.66. The van der Waals surface area contributed by atoms with Gasteiger partial charge in [-0.15, -0.1) is 11.3 Å². The van der Waals surface area contributed by atoms with Crippen LogP contribution in [0.4, 0.5) is 15.6 Å². The Balaban J connectivity index is 1.53. The number of benzene rings is 1. The minimum Gasteiger partial charge on any atom is -0.495 e. The number of hydrogen-bond acceptors (Lipinski definition) is 5. The number of nitrogens with one attached hydrogen (secondary N) is 2. The van der Waals surface area contributed by atoms with Gasteiger partial charge in [0.25, 0.3) is 0 Å². The number of ether oxygens (including phenoxy) is 1. The maximum atomic E-state index is 12.4. The molecule has 2 heterocycles. The van der Waals surface area contributed by atoms with E-state index in [-0.39, 0.29) is 12.3 Å². The first kappa shape index (κ1) is 19.2. The van der Waals surface area contributed by atoms with E-state index in [1.54, 1.807) is 19.2 Å². The second-order valence-corrected chi connectivity index (χ2v) is 7.52. The highest BCUT2D eigenvalue weighted by Crippen LogP contribution is 2.24. The lowest BCUT2D eigenvalue weighted by molar-refractivity contribution is -0.131. The van der Waals surface area contributed by atoms with E-state index in [9.17, 15) is 9.59 Å². The van der Waals surface area contributed by atoms with Gasteiger partial charge in [-0.25, -0.2) is 9.78 Å². The van der Waals surface area contributed by atoms with Gasteiger partial charge in [0.15, 0.2) is 5.13 Å². The van der Waals surface area contributed by atoms with Gasteiger partial charge in [-0.3, -0.25) is 10.1 Å². The molecule has 0 spiro atoms. The van der Waals surface area contributed by atoms with E-state index in [4.69, 9.17) is 4.74 Å². The van der Waals surface area contributed by atoms with E-state index >= 15 is 0 Å². The van der Waals surface area contributed by atoms with Crippen LogP contribution in [0.1, 0.15) is 25.5 Å². The molecule has 0 unspecified atom stereocenters. The van der Waals surface area contributed by atoms with Crippen molar-refractivity contribution >= 4 is 34.1 Å². The van der Waals surface area contributed by atoms with Crippen LogP contribution < -0.4 is 15.4 Å². The minimum absolute atomic E-state index is 0.0947. The molecule has 2 aromatic rings. The molecule has 3 amide bonds. The molecule has 1 aromatic carbocycles. The highest BCUT2D eigenvalue weighted by molar-refractivity contribution is 7.14. The summed E-state index contributed by atoms with van der Waals surface area (Å²) in [6, 6.07) is 6.76. The molecule has 0 atom stereocenters. The molecule has 7 nitrogen and oxygen atoms in total. The van der Waals surface area contributed by atoms with Crippen LogP contribution in [0.2, 0.25) is 0 Å². The first-order valence-corrected chi connectivity index (χ1v) is 9.86. The molecule has 3 rings (SSSR count). The van der Waals surface area contributed by atoms with Crippen LogP contribution in [0.25, 0.3) is 0 Å². The number of piperidine rings is 1. The Morgan fingerprint density at radius 2 is 2.00 bits per heavy atom. The Labute approximate surface area is 162 Å². The van der Waals surface area contributed by atoms with E-state index in [0.717, 1.165) is 25.9 Å². The van der Waals surface area contributed by atoms with Gasteiger partial charge in [0.05, 0.1) is 24.9 Å². The third-order valence-electron chi connectivity index (χ3n) is 4.60. The fourth-order valence-electron chi connectivity index (χ4n) is 2.97. The number of carbonyl (C=O) groups is 2. The van der Waals surface area contributed by atoms with Crippen molar-refractivity contribution in [1.82, 2.24) is 9.88 Å². The summed E-state index contributed by atoms with van der Waals surface area (Å²) in [7, 11) is 1.55. The van der Waals surface area contributed by atoms with Gasteiger partial charge in [-0.05, 0) is 30.9 Å². The normalized spacial score (nSPS) is 14.7. The second kappa shape index (κ2) is 8.85. The fourth-order valence-corrected chi connectivity index (χ4v) is 3.67. The lowest BCUT2D eigenvalue weighted by Gasteiger charge is -2.30. The Kier molecular flexibility index (Phi) is 6.28. The average Bonchev–Trinajstić information content (AvgIpc) is 3.09. The highest BCUT2D eigenvalue weighted by Gasteiger charge is 2.21. The number of thiazole rings is 1. The number of anilines is 2. The third kappa shape index (κ3) is 5.19. The number of para-hydroxylation sites is 2. The standard InChI is InChI=1S/C19H24N4O3S/c1-13-7-9-23(10-8-13)17(24)11-14-12-27-19(20-14)22-18(25)21-15-5-3-4-6-16(15)26-2/h3-6,12-13H,7-11H2,1-2H3,(H2,20,21,22,25). The Morgan fingerprint density at radius 1 is 1.26 bits per heavy atom. The fraction of sp³-hybridized carbons (Fsp3) is 0.421. The molecule has 1 saturated heterocycles. The van der Waals surface area contributed by atoms with Gasteiger partial charge in [-0.1, -0.05) is 19.1 Å². The maximum absolute atomic E-state index is 12.4. The SMILES string of the molecule is COc1ccccc1NC(=O)Nc1nc(CC(=O)N2CCC(C)CC2)cs1. The molecule has 1 aliphatic heterocycles. The van der Waals surface area contributed by atoms with Crippen molar-refractivity contribution < 1.29 is 14.3 Å². The molecule has 0 aliphatic carbocycles. The van der Waals surface area contributed by atoms with Crippen LogP contribution in [0.3, 0.4) is 0 Å². The van der Waals surface area contributed by atoms with E-state index in [0.29, 0.717) is 28.2 Å². The smallest absolute Gasteiger partial charge is 0.325 e. The number of methoxy groups -OCH3 is 1. The molecule has 1 aromatic heterocycles. The summed E-state index contributed by atoms with van der Waals surface area (Å²) in [6.07, 6.45) is 2.37. The molecule has 144 valence electrons. The van der Waals surface area contributed by atoms with Crippen LogP contribution in [-0.4, -0.2) is 42.0 Å². The van der Waals surface area contributed by atoms with Gasteiger partial charge in [0.2, 0.25) is 5.91 Å². The van der Waals surface area contributed by atoms with Gasteiger partial charge in [0, 0.05) is 18.5 Å². The number of nitrogens with zero attached hydrogens (tertiary/aromatic N) is 2. The zero-order valence-corrected chi connectivity index (χ0v) is 16.3. The summed E-state index contributed by atoms with van der Waals surface area (Å²) in [5.74, 6) is 1.36. The van der Waals surface area contributed by atoms with Crippen molar-refractivity contribution in [2.75, 3.05) is 30.8 Å². The summed E-state index contributed by atoms with van der Waals surface area (Å²) in [4.78, 5) is 30.8. The van der Waals surface area contributed by atoms with E-state index in [2.05, 4.69) is 22.5 Å². The van der Waals surface area contributed by atoms with Crippen LogP contribution in [-0.2, 0) is 11.2 Å². The van der Waals surface area contributed by atoms with Crippen molar-refractivity contribution in [2.45, 2.75) is 26.2 Å². The van der Waals surface area contributed by atoms with Gasteiger partial charge in [0.1, 0.15) is 5.75 Å². The number of amides is 3. The highest BCUT2D eigenvalue weighted by atomic mass is 32.1. The number of carbonyl (C=O) groups excluding carboxylic acids is 2. The molecule has 1 aliphatic rings. The first-order chi connectivity index (χ1) is 13.0. The van der Waals surface area contributed by atoms with Gasteiger partial charge < -0.3 is 15.0 Å². The zero-order valence-electron chi connectivity index (χ0n) is 15.5. The molecule has 1 fully saturated rings. The van der Waals surface area contributed by atoms with Crippen LogP contribution in [0, 0.1) is 5.92 Å². The van der Waals surface area contributed by atoms with Crippen molar-refractivity contribution in [3.63, 3.8) is 0 Å². The molecule has 0 radical (unpaired) electrons. The molecule has 0 saturated carbocycles. The summed E-state index contributed by atoms with van der Waals surface area (Å²) < 4.78 is 5.21. The lowest BCUT2D eigenvalue weighted by atomic mass is 9.99. The van der Waals surface area contributed by atoms with Crippen molar-refractivity contribution in [1.29, 1.82) is 0 Å². The summed E-state index contributed by atoms with van der Waals surface area (Å²) in [5, 5.41) is 7.69. The number of likely N-dealkylation sites (tertiary alicyclic amines) is 1. The largest absolute Gasteiger partial charge is 0.495 e. The van der Waals surface area contributed by atoms with Crippen molar-refractivity contribution in [2.24, 2.45) is 5.92 Å². The lowest BCUT2D eigenvalue weighted by Crippen LogP contribution is -2.38. The number of aromatic nitrogens is 1. The van der Waals surface area contributed by atoms with Crippen LogP contribution >= 0.6 is 11.3 Å². The van der Waals surface area contributed by atoms with Gasteiger partial charge in [-0.2, -0.15) is 0 Å². The molecule has 8 heteroatoms. The predicted molar refractivity (Wildman–Crippen MR) is 106 cm³/mol. The Morgan fingerprint density at radius 3 is 2.74 bits per heavy atom. The zero-order chi connectivity index (χ0) is 19.2. The molecule has 2 N–H and O–H groups in total. The number of urea groups is 1. The van der Waals surface area contributed by atoms with E-state index < -0.39 is 6.03 Å². The van der Waals surface area contributed by atoms with Gasteiger partial charge >= 0.3 is 6.03 Å². The monoisotopic (exact) mass is 388 g/mol. The molecule has 27 heavy (non-hydrogen) atoms. The average molecular weight is 388 g/mol. The predicted octanol–water partition coefficient (Wildman–Crippen LogP) is 3.60. The molecular weight excluding hydrogens is 364 g/mol. The Hall–Kier alpha value is -2.61. The minimum atomic E-state index is -0.406. The third-order valence-corrected chi connectivity index (χ3v) is 5.40. The summed E-state index contributed by atoms with van der Waals surface area (Å²) in [5.41, 5.74) is 1.25. The van der Waals surface area contributed by atoms with Crippen molar-refractivity contribution in [3.8, 4) is 5.75 Å². The topological polar surface area (TPSA) is 83.6 Å². The number of hydrogen-bond donors (Lipinski definition) is 2. The Bertz CT molecular complexity index is 800. The van der Waals surface area contributed by atoms with Crippen molar-refractivity contribution in [3.05, 3.63) is 35.3 Å². The molecular formula is C19H24N4O3S. The summed E-state index contributed by atoms with van der Waals surface area (Å²) in [6.45, 7) is 3.85. The quantitative estimate of drug-likeness (QED) is 0.820. The first-order valence-electron chi connectivity index (χ1n) is 8.98. The number of rotatable bonds is 5. The van der Waals surface area contributed by atoms with E-state index in [1.165, 1.54) is 11.3 Å². The molecule has 0 bridgehead atoms. The maximum Gasteiger partial charge on any atom is 0.325 e. The summed E-state index contributed by atoms with van der Waals surface area (Å²) >= 11 is 1.30. The van der Waals surface area contributed by atoms with Crippen LogP contribution in [0.15, 0.2) is 29.6 Å². The van der Waals surface area contributed by atoms with E-state index in [1.807, 2.05) is 22.4 Å². The van der Waals surface area contributed by atoms with Crippen LogP contribution in [0.5, 0.6) is 5.75 Å².